The summed E-state index contributed by atoms with van der Waals surface area (Å²) < 4.78 is 0. The Bertz CT molecular complexity index is 457. The molecule has 1 aromatic rings. The van der Waals surface area contributed by atoms with Crippen LogP contribution in [0.1, 0.15) is 47.4 Å². The van der Waals surface area contributed by atoms with Gasteiger partial charge in [0, 0.05) is 0 Å². The van der Waals surface area contributed by atoms with Gasteiger partial charge in [-0.25, -0.2) is 0 Å². The number of carbonyl (C=O) groups is 2. The van der Waals surface area contributed by atoms with E-state index in [0.717, 1.165) is 4.90 Å². The van der Waals surface area contributed by atoms with E-state index in [1.807, 2.05) is 13.8 Å². The van der Waals surface area contributed by atoms with Gasteiger partial charge in [-0.1, -0.05) is 26.0 Å². The van der Waals surface area contributed by atoms with E-state index in [1.165, 1.54) is 0 Å². The van der Waals surface area contributed by atoms with Gasteiger partial charge in [-0.3, -0.25) is 14.5 Å². The van der Waals surface area contributed by atoms with Crippen LogP contribution in [0.15, 0.2) is 24.3 Å². The molecular weight excluding hydrogens is 230 g/mol. The number of benzene rings is 1. The monoisotopic (exact) mass is 247 g/mol. The van der Waals surface area contributed by atoms with Gasteiger partial charge < -0.3 is 5.11 Å². The van der Waals surface area contributed by atoms with Crippen LogP contribution in [0.5, 0.6) is 0 Å². The smallest absolute Gasteiger partial charge is 0.261 e. The van der Waals surface area contributed by atoms with E-state index in [-0.39, 0.29) is 18.4 Å². The molecule has 1 aliphatic heterocycles. The number of hydrogen-bond acceptors (Lipinski definition) is 3. The normalized spacial score (nSPS) is 15.2. The average molecular weight is 247 g/mol. The second-order valence-corrected chi connectivity index (χ2v) is 4.67. The molecule has 0 radical (unpaired) electrons. The molecule has 2 amide bonds. The van der Waals surface area contributed by atoms with Gasteiger partial charge in [0.15, 0.2) is 0 Å². The number of β-amino-alcohol motifs (C(OH)–C–C–N with tert-alkyl or cyclic N) is 1. The number of rotatable bonds is 4. The van der Waals surface area contributed by atoms with Gasteiger partial charge in [-0.05, 0) is 25.0 Å². The van der Waals surface area contributed by atoms with Gasteiger partial charge in [0.25, 0.3) is 11.8 Å². The quantitative estimate of drug-likeness (QED) is 0.826. The summed E-state index contributed by atoms with van der Waals surface area (Å²) in [4.78, 5) is 25.4. The highest BCUT2D eigenvalue weighted by molar-refractivity contribution is 6.21. The Kier molecular flexibility index (Phi) is 3.22. The molecule has 4 nitrogen and oxygen atoms in total. The molecule has 1 heterocycles. The van der Waals surface area contributed by atoms with Gasteiger partial charge in [0.2, 0.25) is 0 Å². The first-order valence-electron chi connectivity index (χ1n) is 6.20. The predicted molar refractivity (Wildman–Crippen MR) is 67.3 cm³/mol. The molecule has 0 saturated heterocycles. The molecule has 2 rings (SSSR count). The molecule has 0 spiro atoms. The number of amides is 2. The van der Waals surface area contributed by atoms with Crippen LogP contribution in [0.2, 0.25) is 0 Å². The van der Waals surface area contributed by atoms with Crippen LogP contribution in [-0.4, -0.2) is 34.0 Å². The van der Waals surface area contributed by atoms with Crippen LogP contribution >= 0.6 is 0 Å². The topological polar surface area (TPSA) is 57.6 Å². The van der Waals surface area contributed by atoms with Crippen molar-refractivity contribution >= 4 is 11.8 Å². The number of carbonyl (C=O) groups excluding carboxylic acids is 2. The second kappa shape index (κ2) is 4.53. The Morgan fingerprint density at radius 2 is 1.50 bits per heavy atom. The molecule has 1 N–H and O–H groups in total. The van der Waals surface area contributed by atoms with Crippen molar-refractivity contribution in [3.8, 4) is 0 Å². The van der Waals surface area contributed by atoms with E-state index >= 15 is 0 Å². The fraction of sp³-hybridized carbons (Fsp3) is 0.429. The van der Waals surface area contributed by atoms with Crippen LogP contribution in [0.4, 0.5) is 0 Å². The Hall–Kier alpha value is -1.68. The molecule has 1 aliphatic rings. The summed E-state index contributed by atoms with van der Waals surface area (Å²) in [6.07, 6.45) is 1.02. The number of fused-ring (bicyclic) bond motifs is 1. The van der Waals surface area contributed by atoms with E-state index in [2.05, 4.69) is 0 Å². The molecule has 0 saturated carbocycles. The summed E-state index contributed by atoms with van der Waals surface area (Å²) in [5.41, 5.74) is -0.137. The zero-order valence-electron chi connectivity index (χ0n) is 10.6. The first kappa shape index (κ1) is 12.8. The molecule has 0 aliphatic carbocycles. The first-order valence-corrected chi connectivity index (χ1v) is 6.20. The van der Waals surface area contributed by atoms with Crippen molar-refractivity contribution in [3.05, 3.63) is 35.4 Å². The van der Waals surface area contributed by atoms with Crippen molar-refractivity contribution in [3.63, 3.8) is 0 Å². The fourth-order valence-corrected chi connectivity index (χ4v) is 2.15. The zero-order chi connectivity index (χ0) is 13.3. The van der Waals surface area contributed by atoms with Crippen LogP contribution in [0.25, 0.3) is 0 Å². The fourth-order valence-electron chi connectivity index (χ4n) is 2.15. The van der Waals surface area contributed by atoms with Gasteiger partial charge in [0.05, 0.1) is 23.3 Å². The van der Waals surface area contributed by atoms with Crippen LogP contribution < -0.4 is 0 Å². The van der Waals surface area contributed by atoms with Crippen LogP contribution in [-0.2, 0) is 0 Å². The highest BCUT2D eigenvalue weighted by atomic mass is 16.3. The second-order valence-electron chi connectivity index (χ2n) is 4.67. The van der Waals surface area contributed by atoms with Crippen molar-refractivity contribution in [1.29, 1.82) is 0 Å². The molecule has 18 heavy (non-hydrogen) atoms. The molecular formula is C14H17NO3. The summed E-state index contributed by atoms with van der Waals surface area (Å²) in [7, 11) is 0. The lowest BCUT2D eigenvalue weighted by Gasteiger charge is -2.29. The van der Waals surface area contributed by atoms with Crippen molar-refractivity contribution in [1.82, 2.24) is 4.90 Å². The van der Waals surface area contributed by atoms with Gasteiger partial charge in [-0.15, -0.1) is 0 Å². The molecule has 0 fully saturated rings. The lowest BCUT2D eigenvalue weighted by molar-refractivity contribution is 0.00243. The minimum absolute atomic E-state index is 0.0619. The minimum atomic E-state index is -0.993. The number of imide groups is 1. The maximum atomic E-state index is 12.1. The lowest BCUT2D eigenvalue weighted by atomic mass is 9.97. The average Bonchev–Trinajstić information content (AvgIpc) is 2.64. The maximum absolute atomic E-state index is 12.1. The predicted octanol–water partition coefficient (Wildman–Crippen LogP) is 1.83. The third-order valence-corrected chi connectivity index (χ3v) is 3.65. The van der Waals surface area contributed by atoms with E-state index in [1.54, 1.807) is 24.3 Å². The maximum Gasteiger partial charge on any atom is 0.261 e. The summed E-state index contributed by atoms with van der Waals surface area (Å²) in [5.74, 6) is -0.619. The Balaban J connectivity index is 2.29. The van der Waals surface area contributed by atoms with Crippen molar-refractivity contribution in [2.75, 3.05) is 6.54 Å². The first-order chi connectivity index (χ1) is 8.52. The molecule has 0 aromatic heterocycles. The summed E-state index contributed by atoms with van der Waals surface area (Å²) >= 11 is 0. The van der Waals surface area contributed by atoms with Crippen LogP contribution in [0, 0.1) is 0 Å². The van der Waals surface area contributed by atoms with E-state index in [0.29, 0.717) is 24.0 Å². The lowest BCUT2D eigenvalue weighted by Crippen LogP contribution is -2.44. The van der Waals surface area contributed by atoms with Gasteiger partial charge in [-0.2, -0.15) is 0 Å². The van der Waals surface area contributed by atoms with Gasteiger partial charge >= 0.3 is 0 Å². The van der Waals surface area contributed by atoms with E-state index in [4.69, 9.17) is 0 Å². The summed E-state index contributed by atoms with van der Waals surface area (Å²) in [5, 5.41) is 10.3. The Labute approximate surface area is 106 Å². The Morgan fingerprint density at radius 1 is 1.06 bits per heavy atom. The van der Waals surface area contributed by atoms with E-state index < -0.39 is 5.60 Å². The van der Waals surface area contributed by atoms with Crippen molar-refractivity contribution in [2.24, 2.45) is 0 Å². The molecule has 0 unspecified atom stereocenters. The molecule has 4 heteroatoms. The zero-order valence-corrected chi connectivity index (χ0v) is 10.6. The number of nitrogens with zero attached hydrogens (tertiary/aromatic N) is 1. The molecule has 1 aromatic carbocycles. The SMILES string of the molecule is CCC(O)(CC)CN1C(=O)c2ccccc2C1=O. The largest absolute Gasteiger partial charge is 0.388 e. The molecule has 0 atom stereocenters. The van der Waals surface area contributed by atoms with Crippen molar-refractivity contribution in [2.45, 2.75) is 32.3 Å². The van der Waals surface area contributed by atoms with E-state index in [9.17, 15) is 14.7 Å². The Morgan fingerprint density at radius 3 is 1.89 bits per heavy atom. The number of aliphatic hydroxyl groups is 1. The third-order valence-electron chi connectivity index (χ3n) is 3.65. The highest BCUT2D eigenvalue weighted by Gasteiger charge is 2.39. The standard InChI is InChI=1S/C14H17NO3/c1-3-14(18,4-2)9-15-12(16)10-7-5-6-8-11(10)13(15)17/h5-8,18H,3-4,9H2,1-2H3. The summed E-state index contributed by atoms with van der Waals surface area (Å²) in [6.45, 7) is 3.76. The highest BCUT2D eigenvalue weighted by Crippen LogP contribution is 2.26. The van der Waals surface area contributed by atoms with Gasteiger partial charge in [0.1, 0.15) is 0 Å². The van der Waals surface area contributed by atoms with Crippen molar-refractivity contribution < 1.29 is 14.7 Å². The van der Waals surface area contributed by atoms with Crippen LogP contribution in [0.3, 0.4) is 0 Å². The molecule has 96 valence electrons. The number of hydrogen-bond donors (Lipinski definition) is 1. The minimum Gasteiger partial charge on any atom is -0.388 e. The summed E-state index contributed by atoms with van der Waals surface area (Å²) in [6, 6.07) is 6.76. The molecule has 0 bridgehead atoms. The third kappa shape index (κ3) is 1.93.